The molecule has 1 unspecified atom stereocenters. The minimum atomic E-state index is -3.87. The van der Waals surface area contributed by atoms with Crippen LogP contribution in [-0.4, -0.2) is 67.2 Å². The van der Waals surface area contributed by atoms with E-state index in [1.54, 1.807) is 6.07 Å². The van der Waals surface area contributed by atoms with Gasteiger partial charge in [0, 0.05) is 25.8 Å². The number of hydrogen-bond donors (Lipinski definition) is 2. The summed E-state index contributed by atoms with van der Waals surface area (Å²) < 4.78 is 37.9. The number of sulfonamides is 1. The third-order valence-corrected chi connectivity index (χ3v) is 6.65. The van der Waals surface area contributed by atoms with E-state index >= 15 is 0 Å². The van der Waals surface area contributed by atoms with Crippen LogP contribution in [0.25, 0.3) is 0 Å². The molecule has 1 amide bonds. The number of benzene rings is 2. The molecule has 8 nitrogen and oxygen atoms in total. The van der Waals surface area contributed by atoms with Gasteiger partial charge in [-0.15, -0.1) is 0 Å². The Morgan fingerprint density at radius 1 is 1.09 bits per heavy atom. The van der Waals surface area contributed by atoms with Crippen molar-refractivity contribution >= 4 is 15.9 Å². The summed E-state index contributed by atoms with van der Waals surface area (Å²) in [5, 5.41) is 2.92. The Morgan fingerprint density at radius 2 is 1.78 bits per heavy atom. The van der Waals surface area contributed by atoms with Gasteiger partial charge in [0.15, 0.2) is 0 Å². The van der Waals surface area contributed by atoms with Gasteiger partial charge in [-0.25, -0.2) is 13.1 Å². The van der Waals surface area contributed by atoms with Crippen LogP contribution in [0.2, 0.25) is 0 Å². The van der Waals surface area contributed by atoms with Crippen LogP contribution in [0.5, 0.6) is 5.75 Å². The van der Waals surface area contributed by atoms with Crippen LogP contribution in [0.15, 0.2) is 47.4 Å². The first-order valence-electron chi connectivity index (χ1n) is 10.4. The summed E-state index contributed by atoms with van der Waals surface area (Å²) >= 11 is 0. The molecule has 0 radical (unpaired) electrons. The third kappa shape index (κ3) is 6.77. The van der Waals surface area contributed by atoms with Gasteiger partial charge in [0.05, 0.1) is 19.8 Å². The van der Waals surface area contributed by atoms with Crippen LogP contribution in [0.4, 0.5) is 0 Å². The highest BCUT2D eigenvalue weighted by atomic mass is 32.2. The topological polar surface area (TPSA) is 97.0 Å². The standard InChI is InChI=1S/C23H33N3O5S/c1-6-17-7-9-18(10-8-17)20(26(2)3)16-24-23(27)19-11-12-21(31-5)22(15-19)32(28,29)25-13-14-30-4/h7-12,15,20,25H,6,13-14,16H2,1-5H3,(H,24,27). The zero-order valence-electron chi connectivity index (χ0n) is 19.3. The molecule has 1 atom stereocenters. The van der Waals surface area contributed by atoms with Gasteiger partial charge in [0.25, 0.3) is 5.91 Å². The highest BCUT2D eigenvalue weighted by Crippen LogP contribution is 2.25. The van der Waals surface area contributed by atoms with Crippen molar-refractivity contribution in [3.8, 4) is 5.75 Å². The zero-order valence-corrected chi connectivity index (χ0v) is 20.2. The number of carbonyl (C=O) groups is 1. The van der Waals surface area contributed by atoms with Crippen LogP contribution < -0.4 is 14.8 Å². The number of aryl methyl sites for hydroxylation is 1. The van der Waals surface area contributed by atoms with E-state index in [2.05, 4.69) is 41.2 Å². The van der Waals surface area contributed by atoms with E-state index < -0.39 is 10.0 Å². The number of likely N-dealkylation sites (N-methyl/N-ethyl adjacent to an activating group) is 1. The summed E-state index contributed by atoms with van der Waals surface area (Å²) in [6.07, 6.45) is 0.965. The highest BCUT2D eigenvalue weighted by Gasteiger charge is 2.22. The molecule has 2 aromatic rings. The van der Waals surface area contributed by atoms with E-state index in [9.17, 15) is 13.2 Å². The van der Waals surface area contributed by atoms with Gasteiger partial charge in [-0.3, -0.25) is 4.79 Å². The van der Waals surface area contributed by atoms with Gasteiger partial charge >= 0.3 is 0 Å². The largest absolute Gasteiger partial charge is 0.495 e. The fourth-order valence-corrected chi connectivity index (χ4v) is 4.46. The Labute approximate surface area is 191 Å². The van der Waals surface area contributed by atoms with Crippen LogP contribution in [0.3, 0.4) is 0 Å². The molecule has 0 bridgehead atoms. The molecule has 0 aliphatic rings. The lowest BCUT2D eigenvalue weighted by Crippen LogP contribution is -2.34. The first-order valence-corrected chi connectivity index (χ1v) is 11.9. The van der Waals surface area contributed by atoms with Gasteiger partial charge in [-0.1, -0.05) is 31.2 Å². The average molecular weight is 464 g/mol. The number of methoxy groups -OCH3 is 2. The van der Waals surface area contributed by atoms with Gasteiger partial charge in [-0.05, 0) is 49.8 Å². The summed E-state index contributed by atoms with van der Waals surface area (Å²) in [5.74, 6) is -0.202. The molecule has 0 saturated heterocycles. The molecule has 2 aromatic carbocycles. The van der Waals surface area contributed by atoms with E-state index in [1.807, 2.05) is 19.0 Å². The molecule has 2 N–H and O–H groups in total. The molecule has 0 heterocycles. The Balaban J connectivity index is 2.19. The third-order valence-electron chi connectivity index (χ3n) is 5.17. The molecule has 0 spiro atoms. The molecular formula is C23H33N3O5S. The van der Waals surface area contributed by atoms with E-state index in [0.29, 0.717) is 6.54 Å². The second-order valence-electron chi connectivity index (χ2n) is 7.54. The number of carbonyl (C=O) groups excluding carboxylic acids is 1. The Hall–Kier alpha value is -2.46. The summed E-state index contributed by atoms with van der Waals surface area (Å²) in [7, 11) is 2.91. The van der Waals surface area contributed by atoms with E-state index in [-0.39, 0.29) is 41.3 Å². The Kier molecular flexibility index (Phi) is 9.64. The van der Waals surface area contributed by atoms with Gasteiger partial charge < -0.3 is 19.7 Å². The van der Waals surface area contributed by atoms with Crippen molar-refractivity contribution in [2.75, 3.05) is 48.0 Å². The fourth-order valence-electron chi connectivity index (χ4n) is 3.25. The van der Waals surface area contributed by atoms with Crippen LogP contribution in [0.1, 0.15) is 34.5 Å². The van der Waals surface area contributed by atoms with Crippen molar-refractivity contribution in [1.29, 1.82) is 0 Å². The first kappa shape index (κ1) is 25.8. The second kappa shape index (κ2) is 12.0. The predicted octanol–water partition coefficient (Wildman–Crippen LogP) is 2.21. The molecule has 9 heteroatoms. The second-order valence-corrected chi connectivity index (χ2v) is 9.28. The maximum absolute atomic E-state index is 12.8. The van der Waals surface area contributed by atoms with Crippen molar-refractivity contribution in [1.82, 2.24) is 14.9 Å². The summed E-state index contributed by atoms with van der Waals surface area (Å²) in [5.41, 5.74) is 2.57. The van der Waals surface area contributed by atoms with E-state index in [0.717, 1.165) is 12.0 Å². The molecule has 0 aliphatic heterocycles. The smallest absolute Gasteiger partial charge is 0.251 e. The molecule has 0 aromatic heterocycles. The average Bonchev–Trinajstić information content (AvgIpc) is 2.79. The van der Waals surface area contributed by atoms with Crippen LogP contribution in [0, 0.1) is 0 Å². The highest BCUT2D eigenvalue weighted by molar-refractivity contribution is 7.89. The van der Waals surface area contributed by atoms with Crippen molar-refractivity contribution in [3.05, 3.63) is 59.2 Å². The summed E-state index contributed by atoms with van der Waals surface area (Å²) in [6.45, 7) is 2.82. The Bertz CT molecular complexity index is 991. The number of nitrogens with one attached hydrogen (secondary N) is 2. The number of amides is 1. The molecule has 0 aliphatic carbocycles. The number of nitrogens with zero attached hydrogens (tertiary/aromatic N) is 1. The number of ether oxygens (including phenoxy) is 2. The molecule has 2 rings (SSSR count). The van der Waals surface area contributed by atoms with Crippen molar-refractivity contribution in [2.24, 2.45) is 0 Å². The minimum absolute atomic E-state index is 0.0259. The number of rotatable bonds is 12. The van der Waals surface area contributed by atoms with Crippen molar-refractivity contribution in [2.45, 2.75) is 24.3 Å². The minimum Gasteiger partial charge on any atom is -0.495 e. The SMILES string of the molecule is CCc1ccc(C(CNC(=O)c2ccc(OC)c(S(=O)(=O)NCCOC)c2)N(C)C)cc1. The van der Waals surface area contributed by atoms with Crippen molar-refractivity contribution < 1.29 is 22.7 Å². The van der Waals surface area contributed by atoms with Crippen LogP contribution >= 0.6 is 0 Å². The quantitative estimate of drug-likeness (QED) is 0.469. The monoisotopic (exact) mass is 463 g/mol. The number of hydrogen-bond acceptors (Lipinski definition) is 6. The van der Waals surface area contributed by atoms with Gasteiger partial charge in [-0.2, -0.15) is 0 Å². The maximum atomic E-state index is 12.8. The molecule has 0 saturated carbocycles. The van der Waals surface area contributed by atoms with Crippen molar-refractivity contribution in [3.63, 3.8) is 0 Å². The molecule has 0 fully saturated rings. The van der Waals surface area contributed by atoms with Crippen LogP contribution in [-0.2, 0) is 21.2 Å². The lowest BCUT2D eigenvalue weighted by molar-refractivity contribution is 0.0941. The summed E-state index contributed by atoms with van der Waals surface area (Å²) in [4.78, 5) is 14.8. The normalized spacial score (nSPS) is 12.6. The van der Waals surface area contributed by atoms with Gasteiger partial charge in [0.1, 0.15) is 10.6 Å². The predicted molar refractivity (Wildman–Crippen MR) is 125 cm³/mol. The lowest BCUT2D eigenvalue weighted by Gasteiger charge is -2.25. The first-order chi connectivity index (χ1) is 15.2. The fraction of sp³-hybridized carbons (Fsp3) is 0.435. The lowest BCUT2D eigenvalue weighted by atomic mass is 10.0. The maximum Gasteiger partial charge on any atom is 0.251 e. The van der Waals surface area contributed by atoms with E-state index in [4.69, 9.17) is 9.47 Å². The summed E-state index contributed by atoms with van der Waals surface area (Å²) in [6, 6.07) is 12.6. The Morgan fingerprint density at radius 3 is 2.34 bits per heavy atom. The molecule has 32 heavy (non-hydrogen) atoms. The molecular weight excluding hydrogens is 430 g/mol. The van der Waals surface area contributed by atoms with Gasteiger partial charge in [0.2, 0.25) is 10.0 Å². The molecule has 176 valence electrons. The van der Waals surface area contributed by atoms with E-state index in [1.165, 1.54) is 31.9 Å². The zero-order chi connectivity index (χ0) is 23.7.